The van der Waals surface area contributed by atoms with Gasteiger partial charge >= 0.3 is 0 Å². The number of hydrogen-bond donors (Lipinski definition) is 2. The number of carbonyl (C=O) groups excluding carboxylic acids is 1. The summed E-state index contributed by atoms with van der Waals surface area (Å²) < 4.78 is 0. The van der Waals surface area contributed by atoms with E-state index in [1.54, 1.807) is 18.2 Å². The number of carbonyl (C=O) groups is 1. The first-order chi connectivity index (χ1) is 9.57. The summed E-state index contributed by atoms with van der Waals surface area (Å²) in [6.07, 6.45) is 0. The monoisotopic (exact) mass is 285 g/mol. The molecular weight excluding hydrogens is 278 g/mol. The fourth-order valence-corrected chi connectivity index (χ4v) is 1.54. The highest BCUT2D eigenvalue weighted by atomic mass is 35.5. The SMILES string of the molecule is CNC(=O)c1cc(NC(C#N)=C(C#N)C#N)ccc1Cl. The minimum absolute atomic E-state index is 0.194. The van der Waals surface area contributed by atoms with Gasteiger partial charge in [-0.25, -0.2) is 0 Å². The van der Waals surface area contributed by atoms with E-state index in [1.165, 1.54) is 25.2 Å². The van der Waals surface area contributed by atoms with Crippen molar-refractivity contribution < 1.29 is 4.79 Å². The first-order valence-electron chi connectivity index (χ1n) is 5.30. The summed E-state index contributed by atoms with van der Waals surface area (Å²) in [6, 6.07) is 9.36. The molecule has 20 heavy (non-hydrogen) atoms. The van der Waals surface area contributed by atoms with Crippen LogP contribution in [0.4, 0.5) is 5.69 Å². The summed E-state index contributed by atoms with van der Waals surface area (Å²) in [4.78, 5) is 11.6. The Morgan fingerprint density at radius 3 is 2.35 bits per heavy atom. The van der Waals surface area contributed by atoms with Gasteiger partial charge in [0, 0.05) is 12.7 Å². The van der Waals surface area contributed by atoms with E-state index in [-0.39, 0.29) is 27.8 Å². The van der Waals surface area contributed by atoms with Crippen LogP contribution in [0.5, 0.6) is 0 Å². The Morgan fingerprint density at radius 1 is 1.20 bits per heavy atom. The number of nitrogens with one attached hydrogen (secondary N) is 2. The predicted molar refractivity (Wildman–Crippen MR) is 72.3 cm³/mol. The number of nitrogens with zero attached hydrogens (tertiary/aromatic N) is 3. The van der Waals surface area contributed by atoms with E-state index in [9.17, 15) is 4.79 Å². The summed E-state index contributed by atoms with van der Waals surface area (Å²) in [6.45, 7) is 0. The molecule has 0 atom stereocenters. The lowest BCUT2D eigenvalue weighted by Gasteiger charge is -2.08. The molecule has 1 amide bonds. The van der Waals surface area contributed by atoms with Gasteiger partial charge in [0.15, 0.2) is 5.57 Å². The van der Waals surface area contributed by atoms with Crippen molar-refractivity contribution in [2.24, 2.45) is 0 Å². The number of hydrogen-bond acceptors (Lipinski definition) is 5. The molecule has 98 valence electrons. The molecule has 6 nitrogen and oxygen atoms in total. The van der Waals surface area contributed by atoms with Gasteiger partial charge in [0.1, 0.15) is 23.9 Å². The maximum atomic E-state index is 11.6. The molecule has 0 fully saturated rings. The van der Waals surface area contributed by atoms with E-state index in [0.29, 0.717) is 5.69 Å². The van der Waals surface area contributed by atoms with Crippen molar-refractivity contribution in [3.05, 3.63) is 40.1 Å². The average molecular weight is 286 g/mol. The van der Waals surface area contributed by atoms with Gasteiger partial charge in [0.05, 0.1) is 10.6 Å². The van der Waals surface area contributed by atoms with Crippen LogP contribution in [0.25, 0.3) is 0 Å². The summed E-state index contributed by atoms with van der Waals surface area (Å²) in [5.74, 6) is -0.387. The Balaban J connectivity index is 3.22. The molecule has 0 radical (unpaired) electrons. The van der Waals surface area contributed by atoms with Crippen LogP contribution in [0.2, 0.25) is 5.02 Å². The Morgan fingerprint density at radius 2 is 1.85 bits per heavy atom. The summed E-state index contributed by atoms with van der Waals surface area (Å²) >= 11 is 5.89. The lowest BCUT2D eigenvalue weighted by molar-refractivity contribution is 0.0963. The van der Waals surface area contributed by atoms with E-state index < -0.39 is 0 Å². The third-order valence-electron chi connectivity index (χ3n) is 2.29. The van der Waals surface area contributed by atoms with Gasteiger partial charge < -0.3 is 10.6 Å². The van der Waals surface area contributed by atoms with E-state index in [2.05, 4.69) is 10.6 Å². The molecule has 0 aliphatic heterocycles. The lowest BCUT2D eigenvalue weighted by Crippen LogP contribution is -2.18. The number of anilines is 1. The maximum absolute atomic E-state index is 11.6. The Labute approximate surface area is 120 Å². The molecule has 0 bridgehead atoms. The minimum Gasteiger partial charge on any atom is -0.355 e. The smallest absolute Gasteiger partial charge is 0.252 e. The van der Waals surface area contributed by atoms with Crippen molar-refractivity contribution in [3.8, 4) is 18.2 Å². The van der Waals surface area contributed by atoms with E-state index in [1.807, 2.05) is 0 Å². The summed E-state index contributed by atoms with van der Waals surface area (Å²) in [7, 11) is 1.46. The molecule has 1 aromatic carbocycles. The van der Waals surface area contributed by atoms with Crippen molar-refractivity contribution in [3.63, 3.8) is 0 Å². The van der Waals surface area contributed by atoms with Gasteiger partial charge in [-0.1, -0.05) is 11.6 Å². The van der Waals surface area contributed by atoms with Gasteiger partial charge in [0.2, 0.25) is 0 Å². The Kier molecular flexibility index (Phi) is 5.12. The molecule has 7 heteroatoms. The topological polar surface area (TPSA) is 112 Å². The van der Waals surface area contributed by atoms with Gasteiger partial charge in [-0.05, 0) is 18.2 Å². The quantitative estimate of drug-likeness (QED) is 0.824. The predicted octanol–water partition coefficient (Wildman–Crippen LogP) is 1.94. The zero-order valence-corrected chi connectivity index (χ0v) is 11.1. The fraction of sp³-hybridized carbons (Fsp3) is 0.0769. The van der Waals surface area contributed by atoms with Crippen LogP contribution in [-0.2, 0) is 0 Å². The number of amides is 1. The van der Waals surface area contributed by atoms with Crippen LogP contribution >= 0.6 is 11.6 Å². The van der Waals surface area contributed by atoms with Gasteiger partial charge in [-0.3, -0.25) is 4.79 Å². The maximum Gasteiger partial charge on any atom is 0.252 e. The van der Waals surface area contributed by atoms with Crippen molar-refractivity contribution in [2.45, 2.75) is 0 Å². The van der Waals surface area contributed by atoms with Gasteiger partial charge in [0.25, 0.3) is 5.91 Å². The molecule has 0 spiro atoms. The molecule has 0 saturated heterocycles. The van der Waals surface area contributed by atoms with Crippen LogP contribution in [-0.4, -0.2) is 13.0 Å². The van der Waals surface area contributed by atoms with Crippen molar-refractivity contribution in [1.82, 2.24) is 5.32 Å². The molecule has 0 saturated carbocycles. The van der Waals surface area contributed by atoms with E-state index >= 15 is 0 Å². The number of nitriles is 3. The molecule has 0 heterocycles. The summed E-state index contributed by atoms with van der Waals surface area (Å²) in [5, 5.41) is 31.7. The fourth-order valence-electron chi connectivity index (χ4n) is 1.34. The zero-order chi connectivity index (χ0) is 15.1. The van der Waals surface area contributed by atoms with Crippen molar-refractivity contribution in [2.75, 3.05) is 12.4 Å². The molecule has 0 aromatic heterocycles. The first kappa shape index (κ1) is 15.0. The van der Waals surface area contributed by atoms with Gasteiger partial charge in [-0.2, -0.15) is 15.8 Å². The summed E-state index contributed by atoms with van der Waals surface area (Å²) in [5.41, 5.74) is 0.0450. The average Bonchev–Trinajstić information content (AvgIpc) is 2.48. The van der Waals surface area contributed by atoms with E-state index in [4.69, 9.17) is 27.4 Å². The molecule has 0 aliphatic carbocycles. The van der Waals surface area contributed by atoms with Crippen LogP contribution in [0, 0.1) is 34.0 Å². The largest absolute Gasteiger partial charge is 0.355 e. The highest BCUT2D eigenvalue weighted by Gasteiger charge is 2.11. The Bertz CT molecular complexity index is 687. The second kappa shape index (κ2) is 6.80. The van der Waals surface area contributed by atoms with Crippen LogP contribution < -0.4 is 10.6 Å². The minimum atomic E-state index is -0.387. The standard InChI is InChI=1S/C13H8ClN5O/c1-18-13(20)10-4-9(2-3-11(10)14)19-12(7-17)8(5-15)6-16/h2-4,19H,1H3,(H,18,20). The highest BCUT2D eigenvalue weighted by Crippen LogP contribution is 2.22. The number of allylic oxidation sites excluding steroid dienone is 2. The second-order valence-corrected chi connectivity index (χ2v) is 3.89. The Hall–Kier alpha value is -3.01. The number of benzene rings is 1. The first-order valence-corrected chi connectivity index (χ1v) is 5.68. The van der Waals surface area contributed by atoms with Crippen LogP contribution in [0.15, 0.2) is 29.5 Å². The highest BCUT2D eigenvalue weighted by molar-refractivity contribution is 6.34. The van der Waals surface area contributed by atoms with Gasteiger partial charge in [-0.15, -0.1) is 0 Å². The second-order valence-electron chi connectivity index (χ2n) is 3.48. The number of halogens is 1. The van der Waals surface area contributed by atoms with E-state index in [0.717, 1.165) is 0 Å². The molecular formula is C13H8ClN5O. The molecule has 1 rings (SSSR count). The molecule has 1 aromatic rings. The zero-order valence-electron chi connectivity index (χ0n) is 10.4. The lowest BCUT2D eigenvalue weighted by atomic mass is 10.1. The normalized spacial score (nSPS) is 8.55. The third-order valence-corrected chi connectivity index (χ3v) is 2.62. The van der Waals surface area contributed by atoms with Crippen LogP contribution in [0.3, 0.4) is 0 Å². The molecule has 0 aliphatic rings. The number of rotatable bonds is 3. The van der Waals surface area contributed by atoms with Crippen molar-refractivity contribution in [1.29, 1.82) is 15.8 Å². The van der Waals surface area contributed by atoms with Crippen molar-refractivity contribution >= 4 is 23.2 Å². The molecule has 2 N–H and O–H groups in total. The third kappa shape index (κ3) is 3.26. The molecule has 0 unspecified atom stereocenters. The van der Waals surface area contributed by atoms with Crippen LogP contribution in [0.1, 0.15) is 10.4 Å².